The van der Waals surface area contributed by atoms with Crippen molar-refractivity contribution in [3.8, 4) is 0 Å². The van der Waals surface area contributed by atoms with Crippen LogP contribution in [0.2, 0.25) is 0 Å². The van der Waals surface area contributed by atoms with E-state index in [-0.39, 0.29) is 16.5 Å². The van der Waals surface area contributed by atoms with Gasteiger partial charge in [0, 0.05) is 16.0 Å². The molecule has 0 saturated carbocycles. The van der Waals surface area contributed by atoms with Crippen LogP contribution in [0.1, 0.15) is 0 Å². The predicted octanol–water partition coefficient (Wildman–Crippen LogP) is 2.48. The number of hydrogen-bond donors (Lipinski definition) is 1. The fourth-order valence-electron chi connectivity index (χ4n) is 0.870. The van der Waals surface area contributed by atoms with Crippen molar-refractivity contribution in [2.24, 2.45) is 0 Å². The third kappa shape index (κ3) is 3.95. The maximum Gasteiger partial charge on any atom is 0.240 e. The number of halogens is 2. The van der Waals surface area contributed by atoms with Crippen LogP contribution in [0.3, 0.4) is 0 Å². The smallest absolute Gasteiger partial charge is 0.207 e. The molecule has 0 heterocycles. The highest BCUT2D eigenvalue weighted by Gasteiger charge is 2.12. The van der Waals surface area contributed by atoms with E-state index in [1.807, 2.05) is 0 Å². The van der Waals surface area contributed by atoms with Gasteiger partial charge in [-0.3, -0.25) is 0 Å². The van der Waals surface area contributed by atoms with Gasteiger partial charge < -0.3 is 0 Å². The van der Waals surface area contributed by atoms with Gasteiger partial charge >= 0.3 is 0 Å². The average molecular weight is 311 g/mol. The second kappa shape index (κ2) is 5.12. The van der Waals surface area contributed by atoms with E-state index in [4.69, 9.17) is 11.6 Å². The van der Waals surface area contributed by atoms with Crippen LogP contribution in [-0.4, -0.2) is 15.0 Å². The molecule has 1 N–H and O–H groups in total. The molecule has 0 saturated heterocycles. The summed E-state index contributed by atoms with van der Waals surface area (Å²) >= 11 is 8.69. The van der Waals surface area contributed by atoms with Crippen LogP contribution in [0, 0.1) is 0 Å². The normalized spacial score (nSPS) is 11.3. The lowest BCUT2D eigenvalue weighted by molar-refractivity contribution is 0.585. The zero-order valence-corrected chi connectivity index (χ0v) is 10.9. The molecule has 0 aliphatic carbocycles. The second-order valence-electron chi connectivity index (χ2n) is 2.80. The Hall–Kier alpha value is -0.360. The highest BCUT2D eigenvalue weighted by atomic mass is 79.9. The Morgan fingerprint density at radius 3 is 2.40 bits per heavy atom. The molecule has 0 radical (unpaired) electrons. The van der Waals surface area contributed by atoms with E-state index in [9.17, 15) is 8.42 Å². The van der Waals surface area contributed by atoms with Gasteiger partial charge in [0.1, 0.15) is 0 Å². The molecule has 0 aliphatic rings. The molecule has 82 valence electrons. The quantitative estimate of drug-likeness (QED) is 0.928. The maximum absolute atomic E-state index is 11.6. The first-order valence-electron chi connectivity index (χ1n) is 4.00. The largest absolute Gasteiger partial charge is 0.240 e. The van der Waals surface area contributed by atoms with Gasteiger partial charge in [-0.05, 0) is 24.3 Å². The van der Waals surface area contributed by atoms with E-state index in [1.165, 1.54) is 12.1 Å². The summed E-state index contributed by atoms with van der Waals surface area (Å²) in [6, 6.07) is 6.32. The minimum atomic E-state index is -3.49. The van der Waals surface area contributed by atoms with Crippen LogP contribution in [-0.2, 0) is 10.0 Å². The molecule has 0 aromatic heterocycles. The van der Waals surface area contributed by atoms with Crippen LogP contribution >= 0.6 is 27.5 Å². The Bertz CT molecular complexity index is 456. The van der Waals surface area contributed by atoms with Crippen molar-refractivity contribution < 1.29 is 8.42 Å². The van der Waals surface area contributed by atoms with E-state index in [0.29, 0.717) is 0 Å². The summed E-state index contributed by atoms with van der Waals surface area (Å²) in [5, 5.41) is 0.246. The third-order valence-corrected chi connectivity index (χ3v) is 3.66. The van der Waals surface area contributed by atoms with E-state index < -0.39 is 10.0 Å². The first-order valence-corrected chi connectivity index (χ1v) is 6.66. The van der Waals surface area contributed by atoms with Gasteiger partial charge in [-0.25, -0.2) is 13.1 Å². The van der Waals surface area contributed by atoms with Crippen molar-refractivity contribution in [1.29, 1.82) is 0 Å². The number of nitrogens with one attached hydrogen (secondary N) is 1. The Balaban J connectivity index is 2.87. The second-order valence-corrected chi connectivity index (χ2v) is 6.01. The molecule has 1 aromatic carbocycles. The van der Waals surface area contributed by atoms with E-state index >= 15 is 0 Å². The molecule has 3 nitrogen and oxygen atoms in total. The van der Waals surface area contributed by atoms with Crippen LogP contribution in [0.4, 0.5) is 0 Å². The molecule has 0 unspecified atom stereocenters. The van der Waals surface area contributed by atoms with Crippen molar-refractivity contribution >= 4 is 37.6 Å². The Morgan fingerprint density at radius 2 is 1.93 bits per heavy atom. The number of sulfonamides is 1. The fraction of sp³-hybridized carbons (Fsp3) is 0.111. The van der Waals surface area contributed by atoms with Gasteiger partial charge in [0.25, 0.3) is 0 Å². The molecule has 15 heavy (non-hydrogen) atoms. The topological polar surface area (TPSA) is 46.2 Å². The van der Waals surface area contributed by atoms with Crippen molar-refractivity contribution in [2.45, 2.75) is 4.90 Å². The van der Waals surface area contributed by atoms with Crippen LogP contribution < -0.4 is 4.72 Å². The van der Waals surface area contributed by atoms with Gasteiger partial charge in [-0.2, -0.15) is 0 Å². The van der Waals surface area contributed by atoms with Crippen molar-refractivity contribution in [2.75, 3.05) is 6.54 Å². The SMILES string of the molecule is C=C(Cl)CNS(=O)(=O)c1ccc(Br)cc1. The Kier molecular flexibility index (Phi) is 4.33. The van der Waals surface area contributed by atoms with Crippen molar-refractivity contribution in [3.63, 3.8) is 0 Å². The zero-order valence-electron chi connectivity index (χ0n) is 7.70. The lowest BCUT2D eigenvalue weighted by atomic mass is 10.4. The summed E-state index contributed by atoms with van der Waals surface area (Å²) in [7, 11) is -3.49. The minimum absolute atomic E-state index is 0.0277. The average Bonchev–Trinajstić information content (AvgIpc) is 2.16. The summed E-state index contributed by atoms with van der Waals surface area (Å²) in [6.45, 7) is 3.42. The summed E-state index contributed by atoms with van der Waals surface area (Å²) in [5.41, 5.74) is 0. The van der Waals surface area contributed by atoms with E-state index in [1.54, 1.807) is 12.1 Å². The zero-order chi connectivity index (χ0) is 11.5. The van der Waals surface area contributed by atoms with E-state index in [2.05, 4.69) is 27.2 Å². The molecule has 1 rings (SSSR count). The molecule has 0 fully saturated rings. The Morgan fingerprint density at radius 1 is 1.40 bits per heavy atom. The molecule has 1 aromatic rings. The Labute approximate surface area is 102 Å². The number of rotatable bonds is 4. The van der Waals surface area contributed by atoms with Crippen LogP contribution in [0.5, 0.6) is 0 Å². The minimum Gasteiger partial charge on any atom is -0.207 e. The maximum atomic E-state index is 11.6. The summed E-state index contributed by atoms with van der Waals surface area (Å²) in [4.78, 5) is 0.198. The highest BCUT2D eigenvalue weighted by Crippen LogP contribution is 2.14. The standard InChI is InChI=1S/C9H9BrClNO2S/c1-7(11)6-12-15(13,14)9-4-2-8(10)3-5-9/h2-5,12H,1,6H2. The fourth-order valence-corrected chi connectivity index (χ4v) is 2.31. The van der Waals surface area contributed by atoms with Crippen molar-refractivity contribution in [3.05, 3.63) is 40.3 Å². The first-order chi connectivity index (χ1) is 6.92. The lowest BCUT2D eigenvalue weighted by Crippen LogP contribution is -2.24. The van der Waals surface area contributed by atoms with E-state index in [0.717, 1.165) is 4.47 Å². The first kappa shape index (κ1) is 12.7. The molecule has 6 heteroatoms. The highest BCUT2D eigenvalue weighted by molar-refractivity contribution is 9.10. The summed E-state index contributed by atoms with van der Waals surface area (Å²) < 4.78 is 26.4. The van der Waals surface area contributed by atoms with Gasteiger partial charge in [0.15, 0.2) is 0 Å². The summed E-state index contributed by atoms with van der Waals surface area (Å²) in [5.74, 6) is 0. The number of hydrogen-bond acceptors (Lipinski definition) is 2. The van der Waals surface area contributed by atoms with Gasteiger partial charge in [-0.1, -0.05) is 34.1 Å². The van der Waals surface area contributed by atoms with Crippen LogP contribution in [0.15, 0.2) is 45.2 Å². The van der Waals surface area contributed by atoms with Crippen LogP contribution in [0.25, 0.3) is 0 Å². The predicted molar refractivity (Wildman–Crippen MR) is 64.3 cm³/mol. The van der Waals surface area contributed by atoms with Crippen molar-refractivity contribution in [1.82, 2.24) is 4.72 Å². The molecule has 0 amide bonds. The van der Waals surface area contributed by atoms with Gasteiger partial charge in [-0.15, -0.1) is 0 Å². The molecule has 0 atom stereocenters. The molecule has 0 bridgehead atoms. The monoisotopic (exact) mass is 309 g/mol. The molecular formula is C9H9BrClNO2S. The molecular weight excluding hydrogens is 302 g/mol. The van der Waals surface area contributed by atoms with Gasteiger partial charge in [0.05, 0.1) is 4.90 Å². The molecule has 0 aliphatic heterocycles. The number of benzene rings is 1. The van der Waals surface area contributed by atoms with Gasteiger partial charge in [0.2, 0.25) is 10.0 Å². The third-order valence-electron chi connectivity index (χ3n) is 1.58. The molecule has 0 spiro atoms. The lowest BCUT2D eigenvalue weighted by Gasteiger charge is -2.05. The summed E-state index contributed by atoms with van der Waals surface area (Å²) in [6.07, 6.45) is 0.